The van der Waals surface area contributed by atoms with Crippen LogP contribution in [-0.2, 0) is 0 Å². The van der Waals surface area contributed by atoms with Crippen molar-refractivity contribution >= 4 is 22.4 Å². The topological polar surface area (TPSA) is 20.2 Å². The van der Waals surface area contributed by atoms with Crippen LogP contribution in [0.2, 0.25) is 8.87 Å². The van der Waals surface area contributed by atoms with E-state index >= 15 is 0 Å². The first-order chi connectivity index (χ1) is 6.73. The van der Waals surface area contributed by atoms with Gasteiger partial charge >= 0.3 is 91.7 Å². The maximum absolute atomic E-state index is 10.7. The van der Waals surface area contributed by atoms with Crippen molar-refractivity contribution in [2.45, 2.75) is 35.6 Å². The maximum atomic E-state index is 10.7. The van der Waals surface area contributed by atoms with Crippen LogP contribution in [0.5, 0.6) is 0 Å². The Morgan fingerprint density at radius 1 is 1.00 bits per heavy atom. The SMILES string of the molecule is CC[CH2][Sn]([OH])([CH2]CC)[c]1ccccc1. The van der Waals surface area contributed by atoms with E-state index < -0.39 is 18.8 Å². The summed E-state index contributed by atoms with van der Waals surface area (Å²) in [6.07, 6.45) is 2.23. The summed E-state index contributed by atoms with van der Waals surface area (Å²) in [5, 5.41) is 0. The fourth-order valence-electron chi connectivity index (χ4n) is 1.99. The van der Waals surface area contributed by atoms with Crippen molar-refractivity contribution in [3.63, 3.8) is 0 Å². The van der Waals surface area contributed by atoms with Crippen molar-refractivity contribution < 1.29 is 3.44 Å². The Labute approximate surface area is 91.6 Å². The molecule has 0 aromatic heterocycles. The van der Waals surface area contributed by atoms with Gasteiger partial charge in [0.2, 0.25) is 0 Å². The molecule has 0 aliphatic rings. The monoisotopic (exact) mass is 300 g/mol. The Bertz CT molecular complexity index is 252. The van der Waals surface area contributed by atoms with E-state index in [1.807, 2.05) is 18.2 Å². The summed E-state index contributed by atoms with van der Waals surface area (Å²) in [5.74, 6) is 0. The van der Waals surface area contributed by atoms with Crippen molar-refractivity contribution in [3.05, 3.63) is 30.3 Å². The van der Waals surface area contributed by atoms with Gasteiger partial charge in [0.25, 0.3) is 0 Å². The number of hydrogen-bond donors (Lipinski definition) is 1. The molecule has 14 heavy (non-hydrogen) atoms. The Morgan fingerprint density at radius 2 is 1.50 bits per heavy atom. The molecule has 0 radical (unpaired) electrons. The third-order valence-corrected chi connectivity index (χ3v) is 14.2. The average molecular weight is 299 g/mol. The van der Waals surface area contributed by atoms with Crippen LogP contribution in [0.4, 0.5) is 0 Å². The second kappa shape index (κ2) is 5.76. The third kappa shape index (κ3) is 2.99. The molecule has 0 bridgehead atoms. The van der Waals surface area contributed by atoms with Crippen LogP contribution < -0.4 is 3.58 Å². The molecule has 0 amide bonds. The average Bonchev–Trinajstić information content (AvgIpc) is 2.20. The van der Waals surface area contributed by atoms with Gasteiger partial charge in [-0.15, -0.1) is 0 Å². The zero-order chi connectivity index (χ0) is 10.4. The summed E-state index contributed by atoms with van der Waals surface area (Å²) in [4.78, 5) is 0. The summed E-state index contributed by atoms with van der Waals surface area (Å²) in [6, 6.07) is 10.3. The Balaban J connectivity index is 2.87. The molecule has 0 fully saturated rings. The molecule has 0 unspecified atom stereocenters. The third-order valence-electron chi connectivity index (χ3n) is 2.64. The zero-order valence-corrected chi connectivity index (χ0v) is 12.0. The standard InChI is InChI=1S/C6H5.2C3H7.H2O.Sn/c1-2-4-6-5-3-1;2*1-3-2;;/h1-5H;2*1,3H2,2H3;1H2;/q;;;;+1/p-1. The fraction of sp³-hybridized carbons (Fsp3) is 0.500. The van der Waals surface area contributed by atoms with E-state index in [-0.39, 0.29) is 0 Å². The van der Waals surface area contributed by atoms with E-state index in [0.717, 1.165) is 21.7 Å². The minimum atomic E-state index is -2.90. The Morgan fingerprint density at radius 3 is 1.93 bits per heavy atom. The van der Waals surface area contributed by atoms with Gasteiger partial charge in [0.05, 0.1) is 0 Å². The molecule has 0 aliphatic carbocycles. The second-order valence-electron chi connectivity index (χ2n) is 3.90. The number of benzene rings is 1. The Hall–Kier alpha value is -0.0213. The summed E-state index contributed by atoms with van der Waals surface area (Å²) >= 11 is -2.90. The summed E-state index contributed by atoms with van der Waals surface area (Å²) in [6.45, 7) is 4.33. The molecule has 0 saturated heterocycles. The molecular formula is C12H20OSn. The van der Waals surface area contributed by atoms with E-state index in [9.17, 15) is 3.44 Å². The molecule has 2 heteroatoms. The first-order valence-electron chi connectivity index (χ1n) is 5.51. The van der Waals surface area contributed by atoms with Gasteiger partial charge in [-0.3, -0.25) is 0 Å². The normalized spacial score (nSPS) is 11.6. The molecule has 1 aromatic carbocycles. The van der Waals surface area contributed by atoms with Crippen LogP contribution in [0.3, 0.4) is 0 Å². The van der Waals surface area contributed by atoms with Gasteiger partial charge in [0.1, 0.15) is 0 Å². The van der Waals surface area contributed by atoms with Gasteiger partial charge in [-0.05, 0) is 0 Å². The summed E-state index contributed by atoms with van der Waals surface area (Å²) in [5.41, 5.74) is 0. The number of hydrogen-bond acceptors (Lipinski definition) is 1. The first-order valence-corrected chi connectivity index (χ1v) is 12.2. The molecule has 1 nitrogen and oxygen atoms in total. The van der Waals surface area contributed by atoms with Crippen molar-refractivity contribution in [2.24, 2.45) is 0 Å². The molecular weight excluding hydrogens is 279 g/mol. The molecule has 0 spiro atoms. The van der Waals surface area contributed by atoms with Gasteiger partial charge in [0, 0.05) is 0 Å². The first kappa shape index (κ1) is 12.1. The number of rotatable bonds is 5. The van der Waals surface area contributed by atoms with Crippen molar-refractivity contribution in [2.75, 3.05) is 0 Å². The molecule has 1 N–H and O–H groups in total. The molecule has 0 aliphatic heterocycles. The van der Waals surface area contributed by atoms with Crippen LogP contribution in [0, 0.1) is 0 Å². The predicted molar refractivity (Wildman–Crippen MR) is 64.2 cm³/mol. The van der Waals surface area contributed by atoms with Crippen LogP contribution in [0.15, 0.2) is 30.3 Å². The summed E-state index contributed by atoms with van der Waals surface area (Å²) < 4.78 is 14.1. The molecule has 0 heterocycles. The Kier molecular flexibility index (Phi) is 4.96. The van der Waals surface area contributed by atoms with Crippen LogP contribution in [0.1, 0.15) is 26.7 Å². The minimum absolute atomic E-state index is 1.06. The van der Waals surface area contributed by atoms with Crippen molar-refractivity contribution in [1.82, 2.24) is 0 Å². The van der Waals surface area contributed by atoms with Gasteiger partial charge in [-0.1, -0.05) is 0 Å². The van der Waals surface area contributed by atoms with Crippen molar-refractivity contribution in [3.8, 4) is 0 Å². The second-order valence-corrected chi connectivity index (χ2v) is 14.3. The van der Waals surface area contributed by atoms with Gasteiger partial charge < -0.3 is 0 Å². The van der Waals surface area contributed by atoms with E-state index in [1.165, 1.54) is 3.58 Å². The molecule has 0 atom stereocenters. The predicted octanol–water partition coefficient (Wildman–Crippen LogP) is 2.65. The zero-order valence-electron chi connectivity index (χ0n) is 9.16. The fourth-order valence-corrected chi connectivity index (χ4v) is 11.4. The van der Waals surface area contributed by atoms with Crippen LogP contribution >= 0.6 is 0 Å². The van der Waals surface area contributed by atoms with E-state index in [4.69, 9.17) is 0 Å². The quantitative estimate of drug-likeness (QED) is 0.829. The molecule has 78 valence electrons. The summed E-state index contributed by atoms with van der Waals surface area (Å²) in [7, 11) is 0. The molecule has 1 aromatic rings. The van der Waals surface area contributed by atoms with Crippen LogP contribution in [-0.4, -0.2) is 22.2 Å². The van der Waals surface area contributed by atoms with E-state index in [2.05, 4.69) is 26.0 Å². The van der Waals surface area contributed by atoms with Crippen molar-refractivity contribution in [1.29, 1.82) is 0 Å². The van der Waals surface area contributed by atoms with E-state index in [1.54, 1.807) is 0 Å². The van der Waals surface area contributed by atoms with Gasteiger partial charge in [-0.25, -0.2) is 0 Å². The molecule has 1 rings (SSSR count). The van der Waals surface area contributed by atoms with Crippen LogP contribution in [0.25, 0.3) is 0 Å². The molecule has 0 saturated carbocycles. The van der Waals surface area contributed by atoms with E-state index in [0.29, 0.717) is 0 Å². The van der Waals surface area contributed by atoms with Gasteiger partial charge in [0.15, 0.2) is 0 Å². The van der Waals surface area contributed by atoms with Gasteiger partial charge in [-0.2, -0.15) is 0 Å².